The van der Waals surface area contributed by atoms with Gasteiger partial charge in [0.2, 0.25) is 12.1 Å². The first-order valence-corrected chi connectivity index (χ1v) is 10.8. The van der Waals surface area contributed by atoms with Crippen LogP contribution in [0.1, 0.15) is 28.7 Å². The van der Waals surface area contributed by atoms with Crippen molar-refractivity contribution in [2.75, 3.05) is 0 Å². The zero-order valence-electron chi connectivity index (χ0n) is 17.8. The maximum absolute atomic E-state index is 14.6. The zero-order valence-corrected chi connectivity index (χ0v) is 18.6. The van der Waals surface area contributed by atoms with Crippen LogP contribution in [0, 0.1) is 5.82 Å². The van der Waals surface area contributed by atoms with Crippen LogP contribution < -0.4 is 0 Å². The standard InChI is InChI=1S/C25H16ClF4N3O2/c26-20-8-7-15(12-19(20)25(28,29)30)24-33(23(32-35-24)22-6-3-11-34-22)14-16-13-31-10-9-17(16)18-4-1-2-5-21(18)27/h1-13,24H,14H2. The Morgan fingerprint density at radius 1 is 1.00 bits per heavy atom. The molecule has 0 saturated heterocycles. The summed E-state index contributed by atoms with van der Waals surface area (Å²) in [4.78, 5) is 11.4. The van der Waals surface area contributed by atoms with Crippen LogP contribution in [0.3, 0.4) is 0 Å². The van der Waals surface area contributed by atoms with Gasteiger partial charge in [-0.2, -0.15) is 13.2 Å². The number of amidine groups is 1. The molecule has 178 valence electrons. The zero-order chi connectivity index (χ0) is 24.6. The lowest BCUT2D eigenvalue weighted by Crippen LogP contribution is -2.31. The molecule has 0 bridgehead atoms. The van der Waals surface area contributed by atoms with Gasteiger partial charge in [0, 0.05) is 23.5 Å². The summed E-state index contributed by atoms with van der Waals surface area (Å²) in [5.41, 5.74) is 0.749. The number of alkyl halides is 3. The van der Waals surface area contributed by atoms with E-state index in [0.717, 1.165) is 6.07 Å². The number of oxime groups is 1. The first-order chi connectivity index (χ1) is 16.8. The molecule has 0 N–H and O–H groups in total. The number of benzene rings is 2. The van der Waals surface area contributed by atoms with E-state index in [1.807, 2.05) is 0 Å². The van der Waals surface area contributed by atoms with Crippen molar-refractivity contribution in [3.63, 3.8) is 0 Å². The third-order valence-corrected chi connectivity index (χ3v) is 5.85. The van der Waals surface area contributed by atoms with Crippen LogP contribution in [0.4, 0.5) is 17.6 Å². The van der Waals surface area contributed by atoms with Crippen molar-refractivity contribution in [3.05, 3.63) is 113 Å². The van der Waals surface area contributed by atoms with Crippen LogP contribution in [0.2, 0.25) is 5.02 Å². The molecule has 0 amide bonds. The monoisotopic (exact) mass is 501 g/mol. The Kier molecular flexibility index (Phi) is 5.94. The van der Waals surface area contributed by atoms with E-state index in [0.29, 0.717) is 22.5 Å². The predicted molar refractivity (Wildman–Crippen MR) is 121 cm³/mol. The van der Waals surface area contributed by atoms with E-state index in [1.54, 1.807) is 53.7 Å². The van der Waals surface area contributed by atoms with Crippen molar-refractivity contribution < 1.29 is 26.8 Å². The topological polar surface area (TPSA) is 50.9 Å². The van der Waals surface area contributed by atoms with E-state index in [4.69, 9.17) is 20.9 Å². The van der Waals surface area contributed by atoms with Crippen LogP contribution in [0.5, 0.6) is 0 Å². The van der Waals surface area contributed by atoms with E-state index in [2.05, 4.69) is 10.1 Å². The molecule has 3 heterocycles. The molecule has 0 aliphatic carbocycles. The third kappa shape index (κ3) is 4.46. The quantitative estimate of drug-likeness (QED) is 0.275. The lowest BCUT2D eigenvalue weighted by atomic mass is 10.0. The minimum atomic E-state index is -4.65. The van der Waals surface area contributed by atoms with Crippen LogP contribution in [0.25, 0.3) is 11.1 Å². The molecule has 0 saturated carbocycles. The molecular weight excluding hydrogens is 486 g/mol. The number of aromatic nitrogens is 1. The highest BCUT2D eigenvalue weighted by molar-refractivity contribution is 6.31. The molecule has 1 atom stereocenters. The number of pyridine rings is 1. The minimum Gasteiger partial charge on any atom is -0.461 e. The smallest absolute Gasteiger partial charge is 0.417 e. The molecule has 2 aromatic carbocycles. The molecule has 2 aromatic heterocycles. The SMILES string of the molecule is Fc1ccccc1-c1ccncc1CN1C(c2ccco2)=NOC1c1ccc(Cl)c(C(F)(F)F)c1. The second-order valence-corrected chi connectivity index (χ2v) is 8.13. The van der Waals surface area contributed by atoms with E-state index < -0.39 is 28.8 Å². The van der Waals surface area contributed by atoms with Crippen LogP contribution >= 0.6 is 11.6 Å². The fraction of sp³-hybridized carbons (Fsp3) is 0.120. The van der Waals surface area contributed by atoms with E-state index >= 15 is 0 Å². The average Bonchev–Trinajstić information content (AvgIpc) is 3.50. The molecule has 10 heteroatoms. The summed E-state index contributed by atoms with van der Waals surface area (Å²) in [6, 6.07) is 14.8. The Balaban J connectivity index is 1.57. The molecule has 4 aromatic rings. The van der Waals surface area contributed by atoms with Gasteiger partial charge in [0.15, 0.2) is 5.76 Å². The first-order valence-electron chi connectivity index (χ1n) is 10.4. The van der Waals surface area contributed by atoms with Crippen molar-refractivity contribution in [2.24, 2.45) is 5.16 Å². The lowest BCUT2D eigenvalue weighted by Gasteiger charge is -2.26. The Morgan fingerprint density at radius 2 is 1.83 bits per heavy atom. The van der Waals surface area contributed by atoms with E-state index in [9.17, 15) is 17.6 Å². The number of furan rings is 1. The molecule has 0 fully saturated rings. The number of nitrogens with zero attached hydrogens (tertiary/aromatic N) is 3. The number of hydrogen-bond acceptors (Lipinski definition) is 5. The minimum absolute atomic E-state index is 0.0890. The lowest BCUT2D eigenvalue weighted by molar-refractivity contribution is -0.137. The molecule has 1 unspecified atom stereocenters. The van der Waals surface area contributed by atoms with Gasteiger partial charge < -0.3 is 14.2 Å². The van der Waals surface area contributed by atoms with Crippen molar-refractivity contribution in [2.45, 2.75) is 18.9 Å². The van der Waals surface area contributed by atoms with Crippen LogP contribution in [-0.4, -0.2) is 15.7 Å². The predicted octanol–water partition coefficient (Wildman–Crippen LogP) is 7.05. The summed E-state index contributed by atoms with van der Waals surface area (Å²) in [6.07, 6.45) is -1.12. The molecular formula is C25H16ClF4N3O2. The van der Waals surface area contributed by atoms with Crippen molar-refractivity contribution in [1.29, 1.82) is 0 Å². The first kappa shape index (κ1) is 22.9. The highest BCUT2D eigenvalue weighted by Crippen LogP contribution is 2.39. The Bertz CT molecular complexity index is 1390. The fourth-order valence-corrected chi connectivity index (χ4v) is 4.13. The molecule has 1 aliphatic rings. The maximum Gasteiger partial charge on any atom is 0.417 e. The Labute approximate surface area is 202 Å². The molecule has 0 spiro atoms. The molecule has 35 heavy (non-hydrogen) atoms. The number of hydrogen-bond donors (Lipinski definition) is 0. The highest BCUT2D eigenvalue weighted by Gasteiger charge is 2.38. The summed E-state index contributed by atoms with van der Waals surface area (Å²) in [6.45, 7) is 0.0890. The summed E-state index contributed by atoms with van der Waals surface area (Å²) < 4.78 is 60.6. The Hall–Kier alpha value is -3.85. The molecule has 5 rings (SSSR count). The van der Waals surface area contributed by atoms with Gasteiger partial charge >= 0.3 is 6.18 Å². The number of halogens is 5. The maximum atomic E-state index is 14.6. The van der Waals surface area contributed by atoms with Gasteiger partial charge in [-0.05, 0) is 47.5 Å². The van der Waals surface area contributed by atoms with Gasteiger partial charge in [0.05, 0.1) is 23.4 Å². The van der Waals surface area contributed by atoms with Crippen LogP contribution in [0.15, 0.2) is 88.9 Å². The second-order valence-electron chi connectivity index (χ2n) is 7.73. The fourth-order valence-electron chi connectivity index (χ4n) is 3.90. The molecule has 5 nitrogen and oxygen atoms in total. The van der Waals surface area contributed by atoms with Gasteiger partial charge in [-0.3, -0.25) is 4.98 Å². The van der Waals surface area contributed by atoms with Gasteiger partial charge in [-0.25, -0.2) is 4.39 Å². The number of rotatable bonds is 5. The van der Waals surface area contributed by atoms with Gasteiger partial charge in [0.25, 0.3) is 0 Å². The van der Waals surface area contributed by atoms with Crippen molar-refractivity contribution in [3.8, 4) is 11.1 Å². The second kappa shape index (κ2) is 9.07. The van der Waals surface area contributed by atoms with Crippen molar-refractivity contribution >= 4 is 17.4 Å². The highest BCUT2D eigenvalue weighted by atomic mass is 35.5. The summed E-state index contributed by atoms with van der Waals surface area (Å²) in [7, 11) is 0. The normalized spacial score (nSPS) is 15.7. The average molecular weight is 502 g/mol. The largest absolute Gasteiger partial charge is 0.461 e. The third-order valence-electron chi connectivity index (χ3n) is 5.52. The summed E-state index contributed by atoms with van der Waals surface area (Å²) in [5.74, 6) is 0.210. The summed E-state index contributed by atoms with van der Waals surface area (Å²) in [5, 5.41) is 3.66. The molecule has 1 aliphatic heterocycles. The Morgan fingerprint density at radius 3 is 2.57 bits per heavy atom. The van der Waals surface area contributed by atoms with Crippen molar-refractivity contribution in [1.82, 2.24) is 9.88 Å². The van der Waals surface area contributed by atoms with E-state index in [-0.39, 0.29) is 17.9 Å². The van der Waals surface area contributed by atoms with Gasteiger partial charge in [0.1, 0.15) is 5.82 Å². The van der Waals surface area contributed by atoms with Gasteiger partial charge in [-0.15, -0.1) is 0 Å². The van der Waals surface area contributed by atoms with Crippen LogP contribution in [-0.2, 0) is 17.6 Å². The van der Waals surface area contributed by atoms with E-state index in [1.165, 1.54) is 24.5 Å². The van der Waals surface area contributed by atoms with Gasteiger partial charge in [-0.1, -0.05) is 41.0 Å². The summed E-state index contributed by atoms with van der Waals surface area (Å²) >= 11 is 5.81. The molecule has 0 radical (unpaired) electrons.